The van der Waals surface area contributed by atoms with Crippen molar-refractivity contribution in [3.8, 4) is 5.75 Å². The molecule has 0 saturated carbocycles. The number of benzene rings is 1. The van der Waals surface area contributed by atoms with E-state index in [1.165, 1.54) is 0 Å². The summed E-state index contributed by atoms with van der Waals surface area (Å²) in [5.41, 5.74) is 7.82. The van der Waals surface area contributed by atoms with Gasteiger partial charge in [-0.05, 0) is 19.1 Å². The van der Waals surface area contributed by atoms with Gasteiger partial charge in [-0.15, -0.1) is 0 Å². The summed E-state index contributed by atoms with van der Waals surface area (Å²) in [6.45, 7) is 7.05. The first-order chi connectivity index (χ1) is 11.8. The molecule has 24 heavy (non-hydrogen) atoms. The minimum absolute atomic E-state index is 0.0402. The van der Waals surface area contributed by atoms with Gasteiger partial charge in [0.15, 0.2) is 0 Å². The number of rotatable bonds is 14. The lowest BCUT2D eigenvalue weighted by molar-refractivity contribution is 0.0361. The second kappa shape index (κ2) is 12.8. The van der Waals surface area contributed by atoms with Crippen LogP contribution >= 0.6 is 0 Å². The zero-order valence-corrected chi connectivity index (χ0v) is 14.8. The summed E-state index contributed by atoms with van der Waals surface area (Å²) < 4.78 is 16.0. The molecule has 7 heteroatoms. The van der Waals surface area contributed by atoms with Gasteiger partial charge in [-0.1, -0.05) is 0 Å². The fourth-order valence-electron chi connectivity index (χ4n) is 2.30. The molecule has 1 rings (SSSR count). The van der Waals surface area contributed by atoms with Crippen LogP contribution in [0.3, 0.4) is 0 Å². The number of hydrogen-bond acceptors (Lipinski definition) is 7. The summed E-state index contributed by atoms with van der Waals surface area (Å²) in [5, 5.41) is 12.0. The Bertz CT molecular complexity index is 446. The van der Waals surface area contributed by atoms with Crippen molar-refractivity contribution in [1.29, 1.82) is 0 Å². The summed E-state index contributed by atoms with van der Waals surface area (Å²) in [5.74, 6) is 0.823. The van der Waals surface area contributed by atoms with Gasteiger partial charge in [-0.25, -0.2) is 0 Å². The van der Waals surface area contributed by atoms with E-state index in [9.17, 15) is 0 Å². The average Bonchev–Trinajstić information content (AvgIpc) is 2.62. The van der Waals surface area contributed by atoms with Crippen LogP contribution in [0.15, 0.2) is 18.2 Å². The van der Waals surface area contributed by atoms with Crippen LogP contribution in [0.5, 0.6) is 5.75 Å². The third-order valence-corrected chi connectivity index (χ3v) is 3.50. The Kier molecular flexibility index (Phi) is 11.0. The van der Waals surface area contributed by atoms with E-state index in [2.05, 4.69) is 17.1 Å². The molecule has 0 aliphatic heterocycles. The van der Waals surface area contributed by atoms with E-state index in [0.717, 1.165) is 30.2 Å². The second-order valence-electron chi connectivity index (χ2n) is 5.13. The molecule has 138 valence electrons. The first-order valence-corrected chi connectivity index (χ1v) is 8.40. The number of nitrogens with zero attached hydrogens (tertiary/aromatic N) is 1. The molecular formula is C17H31N3O4. The quantitative estimate of drug-likeness (QED) is 0.434. The van der Waals surface area contributed by atoms with E-state index in [4.69, 9.17) is 25.1 Å². The maximum atomic E-state index is 8.60. The molecule has 1 aromatic rings. The number of nitrogens with two attached hydrogens (primary N) is 1. The topological polar surface area (TPSA) is 89.2 Å². The summed E-state index contributed by atoms with van der Waals surface area (Å²) in [6.07, 6.45) is 0. The molecule has 4 N–H and O–H groups in total. The molecule has 0 radical (unpaired) electrons. The van der Waals surface area contributed by atoms with Crippen LogP contribution in [0.1, 0.15) is 6.92 Å². The van der Waals surface area contributed by atoms with E-state index in [1.54, 1.807) is 7.11 Å². The van der Waals surface area contributed by atoms with Crippen LogP contribution in [-0.4, -0.2) is 71.4 Å². The van der Waals surface area contributed by atoms with Gasteiger partial charge in [-0.3, -0.25) is 0 Å². The van der Waals surface area contributed by atoms with E-state index < -0.39 is 0 Å². The normalized spacial score (nSPS) is 10.7. The monoisotopic (exact) mass is 341 g/mol. The number of likely N-dealkylation sites (N-methyl/N-ethyl adjacent to an activating group) is 1. The average molecular weight is 341 g/mol. The van der Waals surface area contributed by atoms with Gasteiger partial charge >= 0.3 is 0 Å². The summed E-state index contributed by atoms with van der Waals surface area (Å²) in [4.78, 5) is 2.22. The van der Waals surface area contributed by atoms with Gasteiger partial charge in [0.25, 0.3) is 0 Å². The number of methoxy groups -OCH3 is 1. The molecule has 0 heterocycles. The SMILES string of the molecule is CCN(CCN)c1cc(OC)ccc1NCCOCCOCCO. The van der Waals surface area contributed by atoms with E-state index in [-0.39, 0.29) is 6.61 Å². The predicted octanol–water partition coefficient (Wildman–Crippen LogP) is 0.918. The second-order valence-corrected chi connectivity index (χ2v) is 5.13. The smallest absolute Gasteiger partial charge is 0.121 e. The van der Waals surface area contributed by atoms with Crippen molar-refractivity contribution in [2.45, 2.75) is 6.92 Å². The van der Waals surface area contributed by atoms with Crippen LogP contribution < -0.4 is 20.7 Å². The van der Waals surface area contributed by atoms with Crippen molar-refractivity contribution in [2.75, 3.05) is 76.5 Å². The molecule has 0 atom stereocenters. The Morgan fingerprint density at radius 1 is 1.17 bits per heavy atom. The lowest BCUT2D eigenvalue weighted by Crippen LogP contribution is -2.30. The highest BCUT2D eigenvalue weighted by molar-refractivity contribution is 5.72. The largest absolute Gasteiger partial charge is 0.497 e. The standard InChI is InChI=1S/C17H31N3O4/c1-3-20(8-6-18)17-14-15(22-2)4-5-16(17)19-7-10-23-12-13-24-11-9-21/h4-5,14,19,21H,3,6-13,18H2,1-2H3. The highest BCUT2D eigenvalue weighted by atomic mass is 16.5. The Labute approximate surface area is 144 Å². The number of aliphatic hydroxyl groups is 1. The van der Waals surface area contributed by atoms with Gasteiger partial charge in [0.1, 0.15) is 5.75 Å². The molecule has 1 aromatic carbocycles. The van der Waals surface area contributed by atoms with E-state index in [1.807, 2.05) is 18.2 Å². The maximum absolute atomic E-state index is 8.60. The van der Waals surface area contributed by atoms with Gasteiger partial charge in [0.2, 0.25) is 0 Å². The molecule has 0 saturated heterocycles. The fraction of sp³-hybridized carbons (Fsp3) is 0.647. The zero-order valence-electron chi connectivity index (χ0n) is 14.8. The molecule has 7 nitrogen and oxygen atoms in total. The molecule has 0 spiro atoms. The molecule has 0 aromatic heterocycles. The number of ether oxygens (including phenoxy) is 3. The van der Waals surface area contributed by atoms with Crippen LogP contribution in [0.2, 0.25) is 0 Å². The minimum Gasteiger partial charge on any atom is -0.497 e. The van der Waals surface area contributed by atoms with Crippen molar-refractivity contribution in [3.63, 3.8) is 0 Å². The summed E-state index contributed by atoms with van der Waals surface area (Å²) >= 11 is 0. The lowest BCUT2D eigenvalue weighted by Gasteiger charge is -2.26. The predicted molar refractivity (Wildman–Crippen MR) is 97.1 cm³/mol. The van der Waals surface area contributed by atoms with E-state index >= 15 is 0 Å². The highest BCUT2D eigenvalue weighted by Crippen LogP contribution is 2.30. The molecule has 0 aliphatic rings. The van der Waals surface area contributed by atoms with E-state index in [0.29, 0.717) is 39.5 Å². The first-order valence-electron chi connectivity index (χ1n) is 8.40. The van der Waals surface area contributed by atoms with Crippen molar-refractivity contribution >= 4 is 11.4 Å². The van der Waals surface area contributed by atoms with Crippen LogP contribution in [0, 0.1) is 0 Å². The number of aliphatic hydroxyl groups excluding tert-OH is 1. The third-order valence-electron chi connectivity index (χ3n) is 3.50. The Morgan fingerprint density at radius 2 is 1.92 bits per heavy atom. The first kappa shape index (κ1) is 20.5. The Hall–Kier alpha value is -1.54. The summed E-state index contributed by atoms with van der Waals surface area (Å²) in [6, 6.07) is 5.97. The molecule has 0 amide bonds. The molecular weight excluding hydrogens is 310 g/mol. The number of nitrogens with one attached hydrogen (secondary N) is 1. The zero-order chi connectivity index (χ0) is 17.6. The Morgan fingerprint density at radius 3 is 2.54 bits per heavy atom. The van der Waals surface area contributed by atoms with Crippen LogP contribution in [-0.2, 0) is 9.47 Å². The Balaban J connectivity index is 2.51. The van der Waals surface area contributed by atoms with Gasteiger partial charge < -0.3 is 35.3 Å². The highest BCUT2D eigenvalue weighted by Gasteiger charge is 2.10. The van der Waals surface area contributed by atoms with Gasteiger partial charge in [0.05, 0.1) is 51.5 Å². The van der Waals surface area contributed by atoms with Gasteiger partial charge in [-0.2, -0.15) is 0 Å². The van der Waals surface area contributed by atoms with Gasteiger partial charge in [0, 0.05) is 32.2 Å². The van der Waals surface area contributed by atoms with Crippen molar-refractivity contribution in [3.05, 3.63) is 18.2 Å². The maximum Gasteiger partial charge on any atom is 0.121 e. The fourth-order valence-corrected chi connectivity index (χ4v) is 2.30. The third kappa shape index (κ3) is 7.35. The number of anilines is 2. The van der Waals surface area contributed by atoms with Crippen LogP contribution in [0.4, 0.5) is 11.4 Å². The molecule has 0 bridgehead atoms. The van der Waals surface area contributed by atoms with Crippen molar-refractivity contribution in [1.82, 2.24) is 0 Å². The van der Waals surface area contributed by atoms with Crippen LogP contribution in [0.25, 0.3) is 0 Å². The summed E-state index contributed by atoms with van der Waals surface area (Å²) in [7, 11) is 1.66. The lowest BCUT2D eigenvalue weighted by atomic mass is 10.2. The van der Waals surface area contributed by atoms with Crippen molar-refractivity contribution in [2.24, 2.45) is 5.73 Å². The van der Waals surface area contributed by atoms with Crippen molar-refractivity contribution < 1.29 is 19.3 Å². The minimum atomic E-state index is 0.0402. The molecule has 0 fully saturated rings. The number of hydrogen-bond donors (Lipinski definition) is 3. The molecule has 0 aliphatic carbocycles. The molecule has 0 unspecified atom stereocenters.